The van der Waals surface area contributed by atoms with Crippen molar-refractivity contribution in [3.05, 3.63) is 83.9 Å². The molecule has 0 aliphatic rings. The Bertz CT molecular complexity index is 977. The molecule has 180 valence electrons. The molecule has 9 nitrogen and oxygen atoms in total. The lowest BCUT2D eigenvalue weighted by Gasteiger charge is -2.21. The SMILES string of the molecule is COC(=O)/C=C/C[C@H](NC(=O)[C@H](Cc1ccccc1)NC(=O)OCc1ccccc1)C(=O)OC. The number of carbonyl (C=O) groups excluding carboxylic acids is 4. The molecule has 2 aromatic rings. The van der Waals surface area contributed by atoms with Crippen molar-refractivity contribution in [1.82, 2.24) is 10.6 Å². The third-order valence-corrected chi connectivity index (χ3v) is 4.73. The van der Waals surface area contributed by atoms with E-state index in [4.69, 9.17) is 9.47 Å². The van der Waals surface area contributed by atoms with Crippen LogP contribution in [0, 0.1) is 0 Å². The molecule has 0 aliphatic carbocycles. The van der Waals surface area contributed by atoms with Gasteiger partial charge in [0.05, 0.1) is 14.2 Å². The standard InChI is InChI=1S/C25H28N2O7/c1-32-22(28)15-9-14-20(24(30)33-2)26-23(29)21(16-18-10-5-3-6-11-18)27-25(31)34-17-19-12-7-4-8-13-19/h3-13,15,20-21H,14,16-17H2,1-2H3,(H,26,29)(H,27,31)/b15-9+/t20-,21-/m0/s1. The number of carbonyl (C=O) groups is 4. The molecular formula is C25H28N2O7. The maximum absolute atomic E-state index is 13.0. The molecule has 0 saturated carbocycles. The van der Waals surface area contributed by atoms with Crippen LogP contribution in [0.15, 0.2) is 72.8 Å². The minimum Gasteiger partial charge on any atom is -0.467 e. The van der Waals surface area contributed by atoms with Crippen LogP contribution >= 0.6 is 0 Å². The van der Waals surface area contributed by atoms with Crippen molar-refractivity contribution in [1.29, 1.82) is 0 Å². The van der Waals surface area contributed by atoms with E-state index in [-0.39, 0.29) is 19.4 Å². The van der Waals surface area contributed by atoms with Crippen LogP contribution in [0.25, 0.3) is 0 Å². The first kappa shape index (κ1) is 26.1. The van der Waals surface area contributed by atoms with Gasteiger partial charge in [-0.05, 0) is 17.5 Å². The number of ether oxygens (including phenoxy) is 3. The first-order valence-corrected chi connectivity index (χ1v) is 10.6. The van der Waals surface area contributed by atoms with E-state index in [0.717, 1.165) is 17.2 Å². The number of nitrogens with one attached hydrogen (secondary N) is 2. The van der Waals surface area contributed by atoms with Crippen LogP contribution in [0.5, 0.6) is 0 Å². The number of rotatable bonds is 11. The van der Waals surface area contributed by atoms with Crippen LogP contribution < -0.4 is 10.6 Å². The van der Waals surface area contributed by atoms with Crippen molar-refractivity contribution in [3.63, 3.8) is 0 Å². The minimum atomic E-state index is -1.07. The minimum absolute atomic E-state index is 0.00990. The maximum Gasteiger partial charge on any atom is 0.408 e. The molecule has 0 saturated heterocycles. The summed E-state index contributed by atoms with van der Waals surface area (Å²) >= 11 is 0. The van der Waals surface area contributed by atoms with Crippen LogP contribution in [0.4, 0.5) is 4.79 Å². The molecule has 0 unspecified atom stereocenters. The highest BCUT2D eigenvalue weighted by Gasteiger charge is 2.27. The Labute approximate surface area is 198 Å². The molecule has 2 atom stereocenters. The molecule has 0 bridgehead atoms. The van der Waals surface area contributed by atoms with Crippen molar-refractivity contribution in [2.45, 2.75) is 31.5 Å². The molecule has 2 rings (SSSR count). The van der Waals surface area contributed by atoms with Crippen LogP contribution in [-0.4, -0.2) is 50.2 Å². The first-order chi connectivity index (χ1) is 16.4. The lowest BCUT2D eigenvalue weighted by atomic mass is 10.0. The molecule has 0 heterocycles. The first-order valence-electron chi connectivity index (χ1n) is 10.6. The van der Waals surface area contributed by atoms with E-state index in [2.05, 4.69) is 15.4 Å². The average molecular weight is 469 g/mol. The predicted octanol–water partition coefficient (Wildman–Crippen LogP) is 2.30. The third kappa shape index (κ3) is 9.15. The van der Waals surface area contributed by atoms with Gasteiger partial charge in [0.15, 0.2) is 0 Å². The fraction of sp³-hybridized carbons (Fsp3) is 0.280. The summed E-state index contributed by atoms with van der Waals surface area (Å²) < 4.78 is 14.5. The summed E-state index contributed by atoms with van der Waals surface area (Å²) in [6.07, 6.45) is 1.91. The van der Waals surface area contributed by atoms with Crippen molar-refractivity contribution in [3.8, 4) is 0 Å². The Morgan fingerprint density at radius 1 is 0.824 bits per heavy atom. The van der Waals surface area contributed by atoms with Crippen LogP contribution in [0.1, 0.15) is 17.5 Å². The van der Waals surface area contributed by atoms with Gasteiger partial charge in [-0.1, -0.05) is 66.7 Å². The summed E-state index contributed by atoms with van der Waals surface area (Å²) in [4.78, 5) is 48.9. The second kappa shape index (κ2) is 14.1. The zero-order chi connectivity index (χ0) is 24.8. The van der Waals surface area contributed by atoms with Crippen LogP contribution in [-0.2, 0) is 41.6 Å². The van der Waals surface area contributed by atoms with Gasteiger partial charge in [0, 0.05) is 12.5 Å². The summed E-state index contributed by atoms with van der Waals surface area (Å²) in [7, 11) is 2.41. The Morgan fingerprint density at radius 3 is 2.03 bits per heavy atom. The molecule has 0 aromatic heterocycles. The molecule has 2 aromatic carbocycles. The second-order valence-corrected chi connectivity index (χ2v) is 7.19. The van der Waals surface area contributed by atoms with Crippen molar-refractivity contribution >= 4 is 23.9 Å². The monoisotopic (exact) mass is 468 g/mol. The van der Waals surface area contributed by atoms with Gasteiger partial charge in [0.25, 0.3) is 0 Å². The highest BCUT2D eigenvalue weighted by atomic mass is 16.5. The Kier molecular flexibility index (Phi) is 10.8. The third-order valence-electron chi connectivity index (χ3n) is 4.73. The van der Waals surface area contributed by atoms with Gasteiger partial charge in [-0.2, -0.15) is 0 Å². The molecular weight excluding hydrogens is 440 g/mol. The molecule has 0 fully saturated rings. The van der Waals surface area contributed by atoms with Gasteiger partial charge in [-0.15, -0.1) is 0 Å². The van der Waals surface area contributed by atoms with Gasteiger partial charge in [0.1, 0.15) is 18.7 Å². The van der Waals surface area contributed by atoms with Gasteiger partial charge < -0.3 is 24.8 Å². The number of benzene rings is 2. The number of esters is 2. The maximum atomic E-state index is 13.0. The van der Waals surface area contributed by atoms with Gasteiger partial charge in [0.2, 0.25) is 5.91 Å². The number of alkyl carbamates (subject to hydrolysis) is 1. The predicted molar refractivity (Wildman–Crippen MR) is 123 cm³/mol. The van der Waals surface area contributed by atoms with E-state index in [1.165, 1.54) is 20.3 Å². The second-order valence-electron chi connectivity index (χ2n) is 7.19. The normalized spacial score (nSPS) is 12.3. The summed E-state index contributed by atoms with van der Waals surface area (Å²) in [5, 5.41) is 5.14. The average Bonchev–Trinajstić information content (AvgIpc) is 2.87. The molecule has 0 aliphatic heterocycles. The summed E-state index contributed by atoms with van der Waals surface area (Å²) in [6, 6.07) is 16.1. The Balaban J connectivity index is 2.09. The smallest absolute Gasteiger partial charge is 0.408 e. The van der Waals surface area contributed by atoms with Crippen LogP contribution in [0.2, 0.25) is 0 Å². The number of hydrogen-bond donors (Lipinski definition) is 2. The zero-order valence-electron chi connectivity index (χ0n) is 19.1. The van der Waals surface area contributed by atoms with Crippen molar-refractivity contribution in [2.75, 3.05) is 14.2 Å². The summed E-state index contributed by atoms with van der Waals surface area (Å²) in [6.45, 7) is 0.0372. The summed E-state index contributed by atoms with van der Waals surface area (Å²) in [5.41, 5.74) is 1.59. The summed E-state index contributed by atoms with van der Waals surface area (Å²) in [5.74, 6) is -1.91. The van der Waals surface area contributed by atoms with Crippen LogP contribution in [0.3, 0.4) is 0 Å². The van der Waals surface area contributed by atoms with Gasteiger partial charge in [-0.3, -0.25) is 4.79 Å². The topological polar surface area (TPSA) is 120 Å². The van der Waals surface area contributed by atoms with Crippen molar-refractivity contribution < 1.29 is 33.4 Å². The van der Waals surface area contributed by atoms with Gasteiger partial charge >= 0.3 is 18.0 Å². The van der Waals surface area contributed by atoms with Gasteiger partial charge in [-0.25, -0.2) is 14.4 Å². The van der Waals surface area contributed by atoms with E-state index in [9.17, 15) is 19.2 Å². The van der Waals surface area contributed by atoms with E-state index < -0.39 is 36.0 Å². The molecule has 2 amide bonds. The van der Waals surface area contributed by atoms with E-state index in [1.54, 1.807) is 0 Å². The Hall–Kier alpha value is -4.14. The fourth-order valence-electron chi connectivity index (χ4n) is 2.96. The van der Waals surface area contributed by atoms with E-state index in [1.807, 2.05) is 60.7 Å². The molecule has 0 spiro atoms. The van der Waals surface area contributed by atoms with Crippen molar-refractivity contribution in [2.24, 2.45) is 0 Å². The number of hydrogen-bond acceptors (Lipinski definition) is 7. The number of methoxy groups -OCH3 is 2. The quantitative estimate of drug-likeness (QED) is 0.295. The van der Waals surface area contributed by atoms with E-state index in [0.29, 0.717) is 0 Å². The highest BCUT2D eigenvalue weighted by Crippen LogP contribution is 2.07. The highest BCUT2D eigenvalue weighted by molar-refractivity contribution is 5.90. The van der Waals surface area contributed by atoms with E-state index >= 15 is 0 Å². The molecule has 2 N–H and O–H groups in total. The fourth-order valence-corrected chi connectivity index (χ4v) is 2.96. The lowest BCUT2D eigenvalue weighted by Crippen LogP contribution is -2.52. The molecule has 9 heteroatoms. The Morgan fingerprint density at radius 2 is 1.44 bits per heavy atom. The zero-order valence-corrected chi connectivity index (χ0v) is 19.1. The lowest BCUT2D eigenvalue weighted by molar-refractivity contribution is -0.145. The molecule has 34 heavy (non-hydrogen) atoms. The number of amides is 2. The molecule has 0 radical (unpaired) electrons. The largest absolute Gasteiger partial charge is 0.467 e.